The minimum Gasteiger partial charge on any atom is -0.326 e. The lowest BCUT2D eigenvalue weighted by molar-refractivity contribution is -0.118. The molecule has 0 fully saturated rings. The van der Waals surface area contributed by atoms with Crippen LogP contribution in [-0.2, 0) is 4.79 Å². The van der Waals surface area contributed by atoms with Gasteiger partial charge in [0, 0.05) is 34.9 Å². The van der Waals surface area contributed by atoms with Crippen molar-refractivity contribution in [2.45, 2.75) is 13.8 Å². The molecule has 0 aliphatic heterocycles. The van der Waals surface area contributed by atoms with Crippen LogP contribution in [0.15, 0.2) is 73.1 Å². The number of fused-ring (bicyclic) bond motifs is 1. The smallest absolute Gasteiger partial charge is 0.226 e. The number of carbonyl (C=O) groups excluding carboxylic acids is 1. The second-order valence-corrected chi connectivity index (χ2v) is 6.72. The summed E-state index contributed by atoms with van der Waals surface area (Å²) < 4.78 is 1.82. The summed E-state index contributed by atoms with van der Waals surface area (Å²) in [6, 6.07) is 19.8. The van der Waals surface area contributed by atoms with Crippen LogP contribution in [0.25, 0.3) is 27.8 Å². The molecule has 0 spiro atoms. The Labute approximate surface area is 157 Å². The molecule has 2 aromatic carbocycles. The van der Waals surface area contributed by atoms with E-state index in [-0.39, 0.29) is 11.8 Å². The maximum atomic E-state index is 12.1. The second-order valence-electron chi connectivity index (χ2n) is 6.72. The van der Waals surface area contributed by atoms with Crippen LogP contribution in [0.3, 0.4) is 0 Å². The molecule has 2 aromatic heterocycles. The van der Waals surface area contributed by atoms with Gasteiger partial charge in [0.15, 0.2) is 0 Å². The molecule has 0 saturated carbocycles. The molecule has 0 radical (unpaired) electrons. The zero-order chi connectivity index (χ0) is 18.8. The van der Waals surface area contributed by atoms with E-state index in [1.165, 1.54) is 0 Å². The van der Waals surface area contributed by atoms with Gasteiger partial charge in [-0.1, -0.05) is 44.2 Å². The first-order chi connectivity index (χ1) is 13.1. The van der Waals surface area contributed by atoms with E-state index < -0.39 is 0 Å². The van der Waals surface area contributed by atoms with Crippen molar-refractivity contribution < 1.29 is 4.79 Å². The molecule has 0 saturated heterocycles. The lowest BCUT2D eigenvalue weighted by Gasteiger charge is -2.13. The molecule has 1 amide bonds. The number of carbonyl (C=O) groups is 1. The van der Waals surface area contributed by atoms with E-state index in [1.54, 1.807) is 6.20 Å². The van der Waals surface area contributed by atoms with E-state index >= 15 is 0 Å². The molecule has 0 aliphatic carbocycles. The summed E-state index contributed by atoms with van der Waals surface area (Å²) in [7, 11) is 0. The largest absolute Gasteiger partial charge is 0.326 e. The van der Waals surface area contributed by atoms with Crippen molar-refractivity contribution in [3.8, 4) is 16.9 Å². The van der Waals surface area contributed by atoms with Crippen LogP contribution < -0.4 is 5.32 Å². The summed E-state index contributed by atoms with van der Waals surface area (Å²) in [5.74, 6) is -0.0891. The Kier molecular flexibility index (Phi) is 4.42. The van der Waals surface area contributed by atoms with Gasteiger partial charge in [-0.25, -0.2) is 9.67 Å². The maximum Gasteiger partial charge on any atom is 0.226 e. The summed E-state index contributed by atoms with van der Waals surface area (Å²) >= 11 is 0. The Balaban J connectivity index is 1.88. The fraction of sp³-hybridized carbons (Fsp3) is 0.136. The highest BCUT2D eigenvalue weighted by Gasteiger charge is 2.12. The number of aromatic nitrogens is 3. The summed E-state index contributed by atoms with van der Waals surface area (Å²) in [6.45, 7) is 3.75. The number of pyridine rings is 1. The molecule has 1 N–H and O–H groups in total. The van der Waals surface area contributed by atoms with Crippen molar-refractivity contribution in [3.05, 3.63) is 73.1 Å². The quantitative estimate of drug-likeness (QED) is 0.577. The third-order valence-corrected chi connectivity index (χ3v) is 4.40. The summed E-state index contributed by atoms with van der Waals surface area (Å²) in [5.41, 5.74) is 4.45. The van der Waals surface area contributed by atoms with E-state index in [0.29, 0.717) is 0 Å². The van der Waals surface area contributed by atoms with Crippen molar-refractivity contribution in [1.29, 1.82) is 0 Å². The molecule has 4 rings (SSSR count). The number of hydrogen-bond donors (Lipinski definition) is 1. The number of benzene rings is 2. The van der Waals surface area contributed by atoms with Crippen LogP contribution >= 0.6 is 0 Å². The van der Waals surface area contributed by atoms with Crippen LogP contribution in [0.4, 0.5) is 5.69 Å². The lowest BCUT2D eigenvalue weighted by atomic mass is 10.1. The average Bonchev–Trinajstić information content (AvgIpc) is 3.22. The third kappa shape index (κ3) is 3.44. The van der Waals surface area contributed by atoms with Gasteiger partial charge < -0.3 is 5.32 Å². The van der Waals surface area contributed by atoms with Crippen LogP contribution in [0.2, 0.25) is 0 Å². The van der Waals surface area contributed by atoms with E-state index in [0.717, 1.165) is 33.5 Å². The average molecular weight is 356 g/mol. The van der Waals surface area contributed by atoms with E-state index in [2.05, 4.69) is 10.4 Å². The fourth-order valence-electron chi connectivity index (χ4n) is 2.93. The number of rotatable bonds is 4. The molecule has 0 aliphatic rings. The van der Waals surface area contributed by atoms with Crippen LogP contribution in [-0.4, -0.2) is 20.7 Å². The molecule has 5 nitrogen and oxygen atoms in total. The lowest BCUT2D eigenvalue weighted by Crippen LogP contribution is -2.17. The van der Waals surface area contributed by atoms with Gasteiger partial charge in [0.2, 0.25) is 5.91 Å². The minimum atomic E-state index is -0.0788. The van der Waals surface area contributed by atoms with Crippen molar-refractivity contribution in [1.82, 2.24) is 14.8 Å². The zero-order valence-corrected chi connectivity index (χ0v) is 15.3. The summed E-state index contributed by atoms with van der Waals surface area (Å²) in [4.78, 5) is 16.9. The topological polar surface area (TPSA) is 59.8 Å². The van der Waals surface area contributed by atoms with Gasteiger partial charge in [-0.05, 0) is 30.3 Å². The normalized spacial score (nSPS) is 11.1. The first-order valence-corrected chi connectivity index (χ1v) is 8.93. The summed E-state index contributed by atoms with van der Waals surface area (Å²) in [5, 5.41) is 8.28. The molecule has 0 bridgehead atoms. The Morgan fingerprint density at radius 2 is 1.85 bits per heavy atom. The van der Waals surface area contributed by atoms with Gasteiger partial charge >= 0.3 is 0 Å². The first-order valence-electron chi connectivity index (χ1n) is 8.93. The highest BCUT2D eigenvalue weighted by atomic mass is 16.1. The van der Waals surface area contributed by atoms with Gasteiger partial charge in [-0.2, -0.15) is 5.10 Å². The van der Waals surface area contributed by atoms with Crippen molar-refractivity contribution in [3.63, 3.8) is 0 Å². The van der Waals surface area contributed by atoms with E-state index in [9.17, 15) is 4.79 Å². The van der Waals surface area contributed by atoms with Gasteiger partial charge in [-0.3, -0.25) is 4.79 Å². The molecular formula is C22H20N4O. The SMILES string of the molecule is CC(C)C(=O)Nc1ccc2nc(-c3ccccc3)cc(-n3cccn3)c2c1. The number of nitrogens with one attached hydrogen (secondary N) is 1. The van der Waals surface area contributed by atoms with Gasteiger partial charge in [-0.15, -0.1) is 0 Å². The minimum absolute atomic E-state index is 0.0103. The zero-order valence-electron chi connectivity index (χ0n) is 15.3. The predicted molar refractivity (Wildman–Crippen MR) is 108 cm³/mol. The Hall–Kier alpha value is -3.47. The Morgan fingerprint density at radius 1 is 1.04 bits per heavy atom. The molecule has 0 atom stereocenters. The monoisotopic (exact) mass is 356 g/mol. The first kappa shape index (κ1) is 17.0. The molecule has 27 heavy (non-hydrogen) atoms. The molecular weight excluding hydrogens is 336 g/mol. The summed E-state index contributed by atoms with van der Waals surface area (Å²) in [6.07, 6.45) is 3.65. The third-order valence-electron chi connectivity index (χ3n) is 4.40. The molecule has 0 unspecified atom stereocenters. The predicted octanol–water partition coefficient (Wildman–Crippen LogP) is 4.68. The second kappa shape index (κ2) is 7.03. The fourth-order valence-corrected chi connectivity index (χ4v) is 2.93. The van der Waals surface area contributed by atoms with Crippen LogP contribution in [0.1, 0.15) is 13.8 Å². The number of amides is 1. The van der Waals surface area contributed by atoms with Crippen molar-refractivity contribution >= 4 is 22.5 Å². The number of hydrogen-bond acceptors (Lipinski definition) is 3. The van der Waals surface area contributed by atoms with Crippen molar-refractivity contribution in [2.75, 3.05) is 5.32 Å². The highest BCUT2D eigenvalue weighted by molar-refractivity contribution is 5.97. The molecule has 134 valence electrons. The Morgan fingerprint density at radius 3 is 2.56 bits per heavy atom. The van der Waals surface area contributed by atoms with Crippen LogP contribution in [0, 0.1) is 5.92 Å². The van der Waals surface area contributed by atoms with Crippen molar-refractivity contribution in [2.24, 2.45) is 5.92 Å². The van der Waals surface area contributed by atoms with Gasteiger partial charge in [0.05, 0.1) is 16.9 Å². The molecule has 5 heteroatoms. The number of nitrogens with zero attached hydrogens (tertiary/aromatic N) is 3. The Bertz CT molecular complexity index is 1090. The maximum absolute atomic E-state index is 12.1. The molecule has 2 heterocycles. The van der Waals surface area contributed by atoms with E-state index in [4.69, 9.17) is 4.98 Å². The van der Waals surface area contributed by atoms with Crippen LogP contribution in [0.5, 0.6) is 0 Å². The molecule has 4 aromatic rings. The highest BCUT2D eigenvalue weighted by Crippen LogP contribution is 2.29. The standard InChI is InChI=1S/C22H20N4O/c1-15(2)22(27)24-17-9-10-19-18(13-17)21(26-12-6-11-23-26)14-20(25-19)16-7-4-3-5-8-16/h3-15H,1-2H3,(H,24,27). The number of anilines is 1. The van der Waals surface area contributed by atoms with E-state index in [1.807, 2.05) is 85.4 Å². The van der Waals surface area contributed by atoms with Gasteiger partial charge in [0.1, 0.15) is 0 Å². The van der Waals surface area contributed by atoms with Gasteiger partial charge in [0.25, 0.3) is 0 Å².